The van der Waals surface area contributed by atoms with Gasteiger partial charge in [-0.1, -0.05) is 0 Å². The third kappa shape index (κ3) is 4.69. The summed E-state index contributed by atoms with van der Waals surface area (Å²) in [6.07, 6.45) is -3.30. The number of halogens is 3. The molecule has 1 aliphatic rings. The molecular formula is C10H10F3NO2S. The first-order valence-electron chi connectivity index (χ1n) is 4.92. The van der Waals surface area contributed by atoms with Crippen LogP contribution in [0.15, 0.2) is 11.0 Å². The molecule has 0 bridgehead atoms. The van der Waals surface area contributed by atoms with E-state index in [9.17, 15) is 18.0 Å². The molecule has 7 heteroatoms. The smallest absolute Gasteiger partial charge is 0.459 e. The Kier molecular flexibility index (Phi) is 4.87. The zero-order chi connectivity index (χ0) is 12.9. The van der Waals surface area contributed by atoms with Crippen molar-refractivity contribution in [3.63, 3.8) is 0 Å². The topological polar surface area (TPSA) is 50.1 Å². The van der Waals surface area contributed by atoms with E-state index in [0.29, 0.717) is 24.8 Å². The Morgan fingerprint density at radius 2 is 2.35 bits per heavy atom. The van der Waals surface area contributed by atoms with Crippen LogP contribution in [0.2, 0.25) is 0 Å². The maximum atomic E-state index is 11.8. The lowest BCUT2D eigenvalue weighted by molar-refractivity contribution is -0.199. The van der Waals surface area contributed by atoms with Gasteiger partial charge in [0.25, 0.3) is 0 Å². The number of nitriles is 1. The minimum absolute atomic E-state index is 0.203. The van der Waals surface area contributed by atoms with Crippen molar-refractivity contribution < 1.29 is 22.7 Å². The molecule has 3 nitrogen and oxygen atoms in total. The van der Waals surface area contributed by atoms with Crippen LogP contribution in [0.3, 0.4) is 0 Å². The van der Waals surface area contributed by atoms with Gasteiger partial charge in [0.15, 0.2) is 0 Å². The first kappa shape index (κ1) is 13.9. The van der Waals surface area contributed by atoms with Gasteiger partial charge in [-0.3, -0.25) is 0 Å². The van der Waals surface area contributed by atoms with Crippen LogP contribution < -0.4 is 0 Å². The number of thioether (sulfide) groups is 1. The summed E-state index contributed by atoms with van der Waals surface area (Å²) in [5, 5.41) is 10.6. The maximum absolute atomic E-state index is 11.8. The number of alkyl halides is 3. The molecule has 0 N–H and O–H groups in total. The summed E-state index contributed by atoms with van der Waals surface area (Å²) in [6.45, 7) is -0.239. The third-order valence-electron chi connectivity index (χ3n) is 2.13. The monoisotopic (exact) mass is 265 g/mol. The molecular weight excluding hydrogens is 255 g/mol. The predicted octanol–water partition coefficient (Wildman–Crippen LogP) is 2.79. The average Bonchev–Trinajstić information content (AvgIpc) is 2.70. The molecule has 0 saturated heterocycles. The summed E-state index contributed by atoms with van der Waals surface area (Å²) in [5.74, 6) is -2.15. The van der Waals surface area contributed by atoms with Gasteiger partial charge in [-0.2, -0.15) is 18.4 Å². The third-order valence-corrected chi connectivity index (χ3v) is 3.34. The van der Waals surface area contributed by atoms with Crippen LogP contribution in [0.1, 0.15) is 19.3 Å². The number of esters is 1. The van der Waals surface area contributed by atoms with Crippen LogP contribution in [0.25, 0.3) is 0 Å². The predicted molar refractivity (Wildman–Crippen MR) is 55.9 cm³/mol. The van der Waals surface area contributed by atoms with Gasteiger partial charge in [0.05, 0.1) is 12.7 Å². The normalized spacial score (nSPS) is 19.6. The fourth-order valence-electron chi connectivity index (χ4n) is 1.32. The van der Waals surface area contributed by atoms with Crippen molar-refractivity contribution in [2.24, 2.45) is 0 Å². The fraction of sp³-hybridized carbons (Fsp3) is 0.600. The molecule has 1 aliphatic heterocycles. The average molecular weight is 265 g/mol. The Balaban J connectivity index is 2.11. The van der Waals surface area contributed by atoms with Crippen LogP contribution in [-0.4, -0.2) is 24.0 Å². The van der Waals surface area contributed by atoms with Crippen molar-refractivity contribution in [2.75, 3.05) is 6.61 Å². The minimum atomic E-state index is -4.92. The quantitative estimate of drug-likeness (QED) is 0.579. The Hall–Kier alpha value is -1.16. The van der Waals surface area contributed by atoms with Crippen LogP contribution in [0.4, 0.5) is 13.2 Å². The van der Waals surface area contributed by atoms with Gasteiger partial charge in [0.2, 0.25) is 0 Å². The number of hydrogen-bond acceptors (Lipinski definition) is 4. The van der Waals surface area contributed by atoms with Crippen molar-refractivity contribution in [3.05, 3.63) is 11.0 Å². The lowest BCUT2D eigenvalue weighted by Crippen LogP contribution is -2.25. The molecule has 94 valence electrons. The lowest BCUT2D eigenvalue weighted by Gasteiger charge is -2.09. The molecule has 0 aromatic heterocycles. The highest BCUT2D eigenvalue weighted by atomic mass is 32.2. The van der Waals surface area contributed by atoms with Gasteiger partial charge in [0, 0.05) is 10.8 Å². The lowest BCUT2D eigenvalue weighted by atomic mass is 10.1. The van der Waals surface area contributed by atoms with E-state index >= 15 is 0 Å². The molecule has 1 atom stereocenters. The molecule has 1 unspecified atom stereocenters. The van der Waals surface area contributed by atoms with Gasteiger partial charge < -0.3 is 4.74 Å². The van der Waals surface area contributed by atoms with Gasteiger partial charge in [0.1, 0.15) is 0 Å². The van der Waals surface area contributed by atoms with Crippen molar-refractivity contribution in [1.82, 2.24) is 0 Å². The minimum Gasteiger partial charge on any atom is -0.459 e. The summed E-state index contributed by atoms with van der Waals surface area (Å²) >= 11 is 1.49. The van der Waals surface area contributed by atoms with Crippen LogP contribution in [-0.2, 0) is 9.53 Å². The first-order valence-corrected chi connectivity index (χ1v) is 5.86. The summed E-state index contributed by atoms with van der Waals surface area (Å²) in [5.41, 5.74) is 0.687. The fourth-order valence-corrected chi connectivity index (χ4v) is 2.40. The SMILES string of the molecule is N#CC1=CSC(CCCOC(=O)C(F)(F)F)C1. The second kappa shape index (κ2) is 5.96. The van der Waals surface area contributed by atoms with E-state index < -0.39 is 12.1 Å². The molecule has 1 heterocycles. The molecule has 0 saturated carbocycles. The van der Waals surface area contributed by atoms with E-state index in [1.165, 1.54) is 11.8 Å². The Bertz CT molecular complexity index is 360. The maximum Gasteiger partial charge on any atom is 0.490 e. The number of allylic oxidation sites excluding steroid dienone is 1. The molecule has 0 aromatic rings. The van der Waals surface area contributed by atoms with E-state index in [4.69, 9.17) is 5.26 Å². The second-order valence-electron chi connectivity index (χ2n) is 3.49. The van der Waals surface area contributed by atoms with Gasteiger partial charge >= 0.3 is 12.1 Å². The highest BCUT2D eigenvalue weighted by Crippen LogP contribution is 2.32. The van der Waals surface area contributed by atoms with Crippen molar-refractivity contribution in [3.8, 4) is 6.07 Å². The summed E-state index contributed by atoms with van der Waals surface area (Å²) < 4.78 is 39.3. The highest BCUT2D eigenvalue weighted by Gasteiger charge is 2.40. The molecule has 17 heavy (non-hydrogen) atoms. The Labute approximate surface area is 101 Å². The van der Waals surface area contributed by atoms with Gasteiger partial charge in [-0.15, -0.1) is 11.8 Å². The molecule has 0 radical (unpaired) electrons. The van der Waals surface area contributed by atoms with Gasteiger partial charge in [-0.05, 0) is 24.7 Å². The summed E-state index contributed by atoms with van der Waals surface area (Å²) in [6, 6.07) is 2.03. The standard InChI is InChI=1S/C10H10F3NO2S/c11-10(12,13)9(15)16-3-1-2-8-4-7(5-14)6-17-8/h6,8H,1-4H2. The van der Waals surface area contributed by atoms with E-state index in [1.54, 1.807) is 5.41 Å². The van der Waals surface area contributed by atoms with E-state index in [-0.39, 0.29) is 11.9 Å². The number of rotatable bonds is 4. The summed E-state index contributed by atoms with van der Waals surface area (Å²) in [7, 11) is 0. The van der Waals surface area contributed by atoms with Crippen molar-refractivity contribution in [2.45, 2.75) is 30.7 Å². The first-order chi connectivity index (χ1) is 7.93. The van der Waals surface area contributed by atoms with Crippen LogP contribution in [0, 0.1) is 11.3 Å². The molecule has 0 spiro atoms. The van der Waals surface area contributed by atoms with E-state index in [2.05, 4.69) is 4.74 Å². The van der Waals surface area contributed by atoms with Crippen molar-refractivity contribution >= 4 is 17.7 Å². The molecule has 1 rings (SSSR count). The van der Waals surface area contributed by atoms with Crippen molar-refractivity contribution in [1.29, 1.82) is 5.26 Å². The molecule has 0 fully saturated rings. The molecule has 0 aromatic carbocycles. The highest BCUT2D eigenvalue weighted by molar-refractivity contribution is 8.03. The second-order valence-corrected chi connectivity index (χ2v) is 4.67. The number of nitrogens with zero attached hydrogens (tertiary/aromatic N) is 1. The summed E-state index contributed by atoms with van der Waals surface area (Å²) in [4.78, 5) is 10.4. The number of ether oxygens (including phenoxy) is 1. The number of carbonyl (C=O) groups excluding carboxylic acids is 1. The Morgan fingerprint density at radius 3 is 2.88 bits per heavy atom. The zero-order valence-corrected chi connectivity index (χ0v) is 9.61. The van der Waals surface area contributed by atoms with Gasteiger partial charge in [-0.25, -0.2) is 4.79 Å². The number of hydrogen-bond donors (Lipinski definition) is 0. The Morgan fingerprint density at radius 1 is 1.65 bits per heavy atom. The van der Waals surface area contributed by atoms with Crippen LogP contribution >= 0.6 is 11.8 Å². The zero-order valence-electron chi connectivity index (χ0n) is 8.79. The largest absolute Gasteiger partial charge is 0.490 e. The van der Waals surface area contributed by atoms with E-state index in [0.717, 1.165) is 0 Å². The van der Waals surface area contributed by atoms with E-state index in [1.807, 2.05) is 6.07 Å². The number of carbonyl (C=O) groups is 1. The molecule has 0 aliphatic carbocycles. The van der Waals surface area contributed by atoms with Crippen LogP contribution in [0.5, 0.6) is 0 Å². The molecule has 0 amide bonds.